The fourth-order valence-corrected chi connectivity index (χ4v) is 5.09. The van der Waals surface area contributed by atoms with E-state index in [0.717, 1.165) is 56.9 Å². The number of benzene rings is 2. The molecule has 0 atom stereocenters. The first-order valence-corrected chi connectivity index (χ1v) is 11.8. The third-order valence-electron chi connectivity index (χ3n) is 6.70. The summed E-state index contributed by atoms with van der Waals surface area (Å²) in [4.78, 5) is 16.8. The number of amides is 1. The van der Waals surface area contributed by atoms with E-state index in [1.165, 1.54) is 36.2 Å². The molecule has 2 aliphatic rings. The molecular weight excluding hydrogens is 405 g/mol. The zero-order valence-electron chi connectivity index (χ0n) is 19.2. The van der Waals surface area contributed by atoms with E-state index in [9.17, 15) is 9.18 Å². The average molecular weight is 440 g/mol. The third-order valence-corrected chi connectivity index (χ3v) is 6.70. The molecule has 2 aromatic carbocycles. The zero-order valence-corrected chi connectivity index (χ0v) is 19.2. The minimum Gasteiger partial charge on any atom is -0.492 e. The molecule has 2 aliphatic heterocycles. The maximum atomic E-state index is 13.5. The fourth-order valence-electron chi connectivity index (χ4n) is 5.09. The van der Waals surface area contributed by atoms with Crippen LogP contribution in [0, 0.1) is 5.82 Å². The van der Waals surface area contributed by atoms with E-state index >= 15 is 0 Å². The number of nitrogens with zero attached hydrogens (tertiary/aromatic N) is 2. The molecule has 172 valence electrons. The number of carbonyl (C=O) groups is 1. The van der Waals surface area contributed by atoms with Gasteiger partial charge in [0.05, 0.1) is 17.8 Å². The number of carbonyl (C=O) groups excluding carboxylic acids is 1. The SMILES string of the molecule is CCOc1cc(CN2CCC(NC(C)=O)(c3ccc(F)cc3)CC2)ccc1N1CCCC1. The molecule has 2 saturated heterocycles. The normalized spacial score (nSPS) is 18.5. The van der Waals surface area contributed by atoms with Crippen LogP contribution >= 0.6 is 0 Å². The van der Waals surface area contributed by atoms with Gasteiger partial charge in [0.1, 0.15) is 11.6 Å². The molecule has 4 rings (SSSR count). The monoisotopic (exact) mass is 439 g/mol. The molecule has 6 heteroatoms. The molecule has 5 nitrogen and oxygen atoms in total. The van der Waals surface area contributed by atoms with Crippen LogP contribution in [0.25, 0.3) is 0 Å². The minimum absolute atomic E-state index is 0.0540. The van der Waals surface area contributed by atoms with Crippen molar-refractivity contribution in [1.82, 2.24) is 10.2 Å². The molecule has 0 aromatic heterocycles. The van der Waals surface area contributed by atoms with E-state index in [0.29, 0.717) is 6.61 Å². The van der Waals surface area contributed by atoms with Crippen LogP contribution in [0.1, 0.15) is 50.7 Å². The van der Waals surface area contributed by atoms with Crippen LogP contribution in [0.15, 0.2) is 42.5 Å². The molecule has 1 N–H and O–H groups in total. The van der Waals surface area contributed by atoms with E-state index in [1.54, 1.807) is 19.1 Å². The van der Waals surface area contributed by atoms with Gasteiger partial charge in [-0.3, -0.25) is 9.69 Å². The van der Waals surface area contributed by atoms with Crippen LogP contribution in [0.4, 0.5) is 10.1 Å². The lowest BCUT2D eigenvalue weighted by Crippen LogP contribution is -2.52. The number of likely N-dealkylation sites (tertiary alicyclic amines) is 1. The van der Waals surface area contributed by atoms with E-state index in [2.05, 4.69) is 33.3 Å². The Morgan fingerprint density at radius 3 is 2.38 bits per heavy atom. The molecule has 0 bridgehead atoms. The molecule has 2 aromatic rings. The predicted octanol–water partition coefficient (Wildman–Crippen LogP) is 4.45. The van der Waals surface area contributed by atoms with Crippen molar-refractivity contribution in [2.75, 3.05) is 37.7 Å². The van der Waals surface area contributed by atoms with Gasteiger partial charge in [0.15, 0.2) is 0 Å². The largest absolute Gasteiger partial charge is 0.492 e. The second-order valence-corrected chi connectivity index (χ2v) is 8.98. The topological polar surface area (TPSA) is 44.8 Å². The van der Waals surface area contributed by atoms with Gasteiger partial charge in [0, 0.05) is 39.6 Å². The van der Waals surface area contributed by atoms with Crippen LogP contribution in [-0.4, -0.2) is 43.6 Å². The average Bonchev–Trinajstić information content (AvgIpc) is 3.30. The standard InChI is InChI=1S/C26H34FN3O2/c1-3-32-25-18-21(6-11-24(25)30-14-4-5-15-30)19-29-16-12-26(13-17-29,28-20(2)31)22-7-9-23(27)10-8-22/h6-11,18H,3-5,12-17,19H2,1-2H3,(H,28,31). The summed E-state index contributed by atoms with van der Waals surface area (Å²) in [6.07, 6.45) is 4.07. The van der Waals surface area contributed by atoms with Crippen molar-refractivity contribution < 1.29 is 13.9 Å². The van der Waals surface area contributed by atoms with Crippen LogP contribution in [0.3, 0.4) is 0 Å². The van der Waals surface area contributed by atoms with Gasteiger partial charge in [-0.2, -0.15) is 0 Å². The Morgan fingerprint density at radius 2 is 1.75 bits per heavy atom. The Balaban J connectivity index is 1.46. The summed E-state index contributed by atoms with van der Waals surface area (Å²) in [5.74, 6) is 0.663. The number of anilines is 1. The minimum atomic E-state index is -0.438. The van der Waals surface area contributed by atoms with Gasteiger partial charge in [-0.05, 0) is 68.0 Å². The maximum absolute atomic E-state index is 13.5. The molecule has 0 radical (unpaired) electrons. The first-order valence-electron chi connectivity index (χ1n) is 11.8. The van der Waals surface area contributed by atoms with Gasteiger partial charge in [-0.15, -0.1) is 0 Å². The number of nitrogens with one attached hydrogen (secondary N) is 1. The van der Waals surface area contributed by atoms with Crippen LogP contribution in [0.5, 0.6) is 5.75 Å². The molecular formula is C26H34FN3O2. The number of halogens is 1. The highest BCUT2D eigenvalue weighted by atomic mass is 19.1. The maximum Gasteiger partial charge on any atom is 0.217 e. The highest BCUT2D eigenvalue weighted by molar-refractivity contribution is 5.74. The van der Waals surface area contributed by atoms with Crippen molar-refractivity contribution in [2.24, 2.45) is 0 Å². The number of piperidine rings is 1. The summed E-state index contributed by atoms with van der Waals surface area (Å²) in [6, 6.07) is 13.2. The van der Waals surface area contributed by atoms with Crippen molar-refractivity contribution in [3.63, 3.8) is 0 Å². The molecule has 1 amide bonds. The Kier molecular flexibility index (Phi) is 6.99. The van der Waals surface area contributed by atoms with E-state index in [1.807, 2.05) is 6.92 Å². The Hall–Kier alpha value is -2.60. The lowest BCUT2D eigenvalue weighted by Gasteiger charge is -2.42. The van der Waals surface area contributed by atoms with Gasteiger partial charge < -0.3 is 15.0 Å². The van der Waals surface area contributed by atoms with Gasteiger partial charge in [-0.1, -0.05) is 18.2 Å². The van der Waals surface area contributed by atoms with Crippen LogP contribution < -0.4 is 15.0 Å². The second kappa shape index (κ2) is 9.90. The van der Waals surface area contributed by atoms with Gasteiger partial charge in [0.25, 0.3) is 0 Å². The van der Waals surface area contributed by atoms with Crippen LogP contribution in [-0.2, 0) is 16.9 Å². The quantitative estimate of drug-likeness (QED) is 0.692. The molecule has 0 unspecified atom stereocenters. The lowest BCUT2D eigenvalue weighted by molar-refractivity contribution is -0.121. The summed E-state index contributed by atoms with van der Waals surface area (Å²) in [6.45, 7) is 8.99. The number of ether oxygens (including phenoxy) is 1. The number of rotatable bonds is 7. The Morgan fingerprint density at radius 1 is 1.06 bits per heavy atom. The van der Waals surface area contributed by atoms with Gasteiger partial charge in [0.2, 0.25) is 5.91 Å². The third kappa shape index (κ3) is 5.07. The highest BCUT2D eigenvalue weighted by Crippen LogP contribution is 2.35. The summed E-state index contributed by atoms with van der Waals surface area (Å²) in [7, 11) is 0. The molecule has 2 heterocycles. The van der Waals surface area contributed by atoms with Crippen molar-refractivity contribution >= 4 is 11.6 Å². The number of hydrogen-bond donors (Lipinski definition) is 1. The van der Waals surface area contributed by atoms with E-state index in [-0.39, 0.29) is 11.7 Å². The first kappa shape index (κ1) is 22.6. The number of hydrogen-bond acceptors (Lipinski definition) is 4. The van der Waals surface area contributed by atoms with E-state index < -0.39 is 5.54 Å². The van der Waals surface area contributed by atoms with Crippen molar-refractivity contribution in [1.29, 1.82) is 0 Å². The summed E-state index contributed by atoms with van der Waals surface area (Å²) in [5, 5.41) is 3.17. The molecule has 0 aliphatic carbocycles. The summed E-state index contributed by atoms with van der Waals surface area (Å²) >= 11 is 0. The van der Waals surface area contributed by atoms with Gasteiger partial charge in [-0.25, -0.2) is 4.39 Å². The highest BCUT2D eigenvalue weighted by Gasteiger charge is 2.37. The molecule has 0 spiro atoms. The lowest BCUT2D eigenvalue weighted by atomic mass is 9.80. The second-order valence-electron chi connectivity index (χ2n) is 8.98. The Bertz CT molecular complexity index is 917. The smallest absolute Gasteiger partial charge is 0.217 e. The van der Waals surface area contributed by atoms with Gasteiger partial charge >= 0.3 is 0 Å². The molecule has 0 saturated carbocycles. The molecule has 2 fully saturated rings. The zero-order chi connectivity index (χ0) is 22.6. The predicted molar refractivity (Wildman–Crippen MR) is 125 cm³/mol. The van der Waals surface area contributed by atoms with Crippen LogP contribution in [0.2, 0.25) is 0 Å². The van der Waals surface area contributed by atoms with Crippen molar-refractivity contribution in [3.8, 4) is 5.75 Å². The van der Waals surface area contributed by atoms with Crippen molar-refractivity contribution in [3.05, 3.63) is 59.4 Å². The first-order chi connectivity index (χ1) is 15.5. The summed E-state index contributed by atoms with van der Waals surface area (Å²) in [5.41, 5.74) is 2.98. The van der Waals surface area contributed by atoms with E-state index in [4.69, 9.17) is 4.74 Å². The Labute approximate surface area is 190 Å². The fraction of sp³-hybridized carbons (Fsp3) is 0.500. The summed E-state index contributed by atoms with van der Waals surface area (Å²) < 4.78 is 19.4. The molecule has 32 heavy (non-hydrogen) atoms. The van der Waals surface area contributed by atoms with Crippen molar-refractivity contribution in [2.45, 2.75) is 51.6 Å².